The Bertz CT molecular complexity index is 653. The quantitative estimate of drug-likeness (QED) is 0.939. The van der Waals surface area contributed by atoms with Gasteiger partial charge in [-0.3, -0.25) is 4.79 Å². The molecule has 1 aliphatic rings. The average molecular weight is 316 g/mol. The van der Waals surface area contributed by atoms with E-state index in [0.29, 0.717) is 30.5 Å². The maximum Gasteiger partial charge on any atom is 0.228 e. The van der Waals surface area contributed by atoms with Gasteiger partial charge in [-0.1, -0.05) is 0 Å². The monoisotopic (exact) mass is 316 g/mol. The lowest BCUT2D eigenvalue weighted by Crippen LogP contribution is -2.28. The Kier molecular flexibility index (Phi) is 4.83. The fourth-order valence-electron chi connectivity index (χ4n) is 2.34. The van der Waals surface area contributed by atoms with Gasteiger partial charge in [0.2, 0.25) is 5.91 Å². The molecule has 2 aromatic rings. The van der Waals surface area contributed by atoms with E-state index in [0.717, 1.165) is 12.8 Å². The Morgan fingerprint density at radius 2 is 1.83 bits per heavy atom. The van der Waals surface area contributed by atoms with E-state index in [1.165, 1.54) is 30.5 Å². The van der Waals surface area contributed by atoms with Gasteiger partial charge in [0.1, 0.15) is 23.1 Å². The predicted octanol–water partition coefficient (Wildman–Crippen LogP) is 3.38. The van der Waals surface area contributed by atoms with Gasteiger partial charge in [0.05, 0.1) is 6.20 Å². The number of benzene rings is 1. The van der Waals surface area contributed by atoms with Crippen molar-refractivity contribution in [1.29, 1.82) is 0 Å². The van der Waals surface area contributed by atoms with Crippen molar-refractivity contribution in [2.24, 2.45) is 5.92 Å². The number of carbonyl (C=O) groups is 1. The molecular formula is C17H17FN2O3. The van der Waals surface area contributed by atoms with Gasteiger partial charge in [0, 0.05) is 19.1 Å². The minimum atomic E-state index is -0.318. The minimum Gasteiger partial charge on any atom is -0.456 e. The number of hydrogen-bond donors (Lipinski definition) is 1. The lowest BCUT2D eigenvalue weighted by molar-refractivity contribution is -0.122. The zero-order chi connectivity index (χ0) is 16.1. The summed E-state index contributed by atoms with van der Waals surface area (Å²) in [6, 6.07) is 9.11. The van der Waals surface area contributed by atoms with Crippen molar-refractivity contribution in [1.82, 2.24) is 4.98 Å². The van der Waals surface area contributed by atoms with E-state index in [1.807, 2.05) is 0 Å². The van der Waals surface area contributed by atoms with Crippen molar-refractivity contribution in [3.63, 3.8) is 0 Å². The molecule has 1 aliphatic heterocycles. The van der Waals surface area contributed by atoms with Gasteiger partial charge < -0.3 is 14.8 Å². The number of amides is 1. The lowest BCUT2D eigenvalue weighted by Gasteiger charge is -2.20. The van der Waals surface area contributed by atoms with Crippen LogP contribution in [0.15, 0.2) is 42.6 Å². The van der Waals surface area contributed by atoms with Crippen LogP contribution in [0.25, 0.3) is 0 Å². The van der Waals surface area contributed by atoms with Crippen molar-refractivity contribution >= 4 is 11.7 Å². The van der Waals surface area contributed by atoms with Gasteiger partial charge in [0.15, 0.2) is 0 Å². The zero-order valence-corrected chi connectivity index (χ0v) is 12.5. The number of pyridine rings is 1. The molecule has 1 saturated heterocycles. The number of rotatable bonds is 4. The molecule has 6 heteroatoms. The maximum absolute atomic E-state index is 12.8. The molecule has 0 aliphatic carbocycles. The molecule has 5 nitrogen and oxygen atoms in total. The van der Waals surface area contributed by atoms with Gasteiger partial charge in [-0.25, -0.2) is 9.37 Å². The van der Waals surface area contributed by atoms with E-state index in [-0.39, 0.29) is 17.6 Å². The summed E-state index contributed by atoms with van der Waals surface area (Å²) in [6.07, 6.45) is 2.98. The highest BCUT2D eigenvalue weighted by molar-refractivity contribution is 5.91. The number of nitrogens with zero attached hydrogens (tertiary/aromatic N) is 1. The van der Waals surface area contributed by atoms with Crippen LogP contribution in [0.2, 0.25) is 0 Å². The Hall–Kier alpha value is -2.47. The Balaban J connectivity index is 1.58. The van der Waals surface area contributed by atoms with Gasteiger partial charge in [0.25, 0.3) is 0 Å². The van der Waals surface area contributed by atoms with Gasteiger partial charge >= 0.3 is 0 Å². The fourth-order valence-corrected chi connectivity index (χ4v) is 2.34. The van der Waals surface area contributed by atoms with Crippen LogP contribution in [0.1, 0.15) is 12.8 Å². The molecule has 3 rings (SSSR count). The molecular weight excluding hydrogens is 299 g/mol. The normalized spacial score (nSPS) is 15.2. The summed E-state index contributed by atoms with van der Waals surface area (Å²) >= 11 is 0. The molecule has 1 amide bonds. The Morgan fingerprint density at radius 1 is 1.13 bits per heavy atom. The topological polar surface area (TPSA) is 60.5 Å². The summed E-state index contributed by atoms with van der Waals surface area (Å²) in [4.78, 5) is 16.3. The van der Waals surface area contributed by atoms with E-state index in [4.69, 9.17) is 9.47 Å². The first-order chi connectivity index (χ1) is 11.2. The predicted molar refractivity (Wildman–Crippen MR) is 82.9 cm³/mol. The highest BCUT2D eigenvalue weighted by atomic mass is 19.1. The number of hydrogen-bond acceptors (Lipinski definition) is 4. The summed E-state index contributed by atoms with van der Waals surface area (Å²) in [5.74, 6) is 1.14. The number of carbonyl (C=O) groups excluding carboxylic acids is 1. The molecule has 1 aromatic carbocycles. The summed E-state index contributed by atoms with van der Waals surface area (Å²) in [6.45, 7) is 1.24. The summed E-state index contributed by atoms with van der Waals surface area (Å²) in [7, 11) is 0. The van der Waals surface area contributed by atoms with Crippen LogP contribution in [-0.2, 0) is 9.53 Å². The standard InChI is InChI=1S/C17H17FN2O3/c18-13-1-3-14(4-2-13)23-15-5-6-16(19-11-15)20-17(21)12-7-9-22-10-8-12/h1-6,11-12H,7-10H2,(H,19,20,21). The van der Waals surface area contributed by atoms with E-state index in [9.17, 15) is 9.18 Å². The molecule has 2 heterocycles. The molecule has 0 saturated carbocycles. The van der Waals surface area contributed by atoms with Crippen LogP contribution in [0.5, 0.6) is 11.5 Å². The molecule has 23 heavy (non-hydrogen) atoms. The van der Waals surface area contributed by atoms with Crippen LogP contribution in [-0.4, -0.2) is 24.1 Å². The molecule has 1 N–H and O–H groups in total. The van der Waals surface area contributed by atoms with Crippen molar-refractivity contribution in [2.75, 3.05) is 18.5 Å². The first kappa shape index (κ1) is 15.4. The zero-order valence-electron chi connectivity index (χ0n) is 12.5. The van der Waals surface area contributed by atoms with Crippen LogP contribution >= 0.6 is 0 Å². The lowest BCUT2D eigenvalue weighted by atomic mass is 9.99. The van der Waals surface area contributed by atoms with Crippen LogP contribution in [0.4, 0.5) is 10.2 Å². The summed E-state index contributed by atoms with van der Waals surface area (Å²) in [5, 5.41) is 2.80. The second kappa shape index (κ2) is 7.19. The Labute approximate surface area is 133 Å². The first-order valence-electron chi connectivity index (χ1n) is 7.49. The molecule has 0 bridgehead atoms. The van der Waals surface area contributed by atoms with Crippen molar-refractivity contribution in [3.05, 3.63) is 48.4 Å². The van der Waals surface area contributed by atoms with Crippen LogP contribution in [0.3, 0.4) is 0 Å². The largest absolute Gasteiger partial charge is 0.456 e. The first-order valence-corrected chi connectivity index (χ1v) is 7.49. The van der Waals surface area contributed by atoms with Gasteiger partial charge in [-0.2, -0.15) is 0 Å². The molecule has 0 spiro atoms. The van der Waals surface area contributed by atoms with E-state index < -0.39 is 0 Å². The van der Waals surface area contributed by atoms with E-state index in [2.05, 4.69) is 10.3 Å². The number of halogens is 1. The Morgan fingerprint density at radius 3 is 2.48 bits per heavy atom. The van der Waals surface area contributed by atoms with Crippen LogP contribution in [0, 0.1) is 11.7 Å². The van der Waals surface area contributed by atoms with E-state index >= 15 is 0 Å². The highest BCUT2D eigenvalue weighted by Gasteiger charge is 2.21. The molecule has 1 fully saturated rings. The van der Waals surface area contributed by atoms with Crippen molar-refractivity contribution in [2.45, 2.75) is 12.8 Å². The number of ether oxygens (including phenoxy) is 2. The smallest absolute Gasteiger partial charge is 0.228 e. The fraction of sp³-hybridized carbons (Fsp3) is 0.294. The number of aromatic nitrogens is 1. The maximum atomic E-state index is 12.8. The minimum absolute atomic E-state index is 0.0271. The molecule has 120 valence electrons. The second-order valence-corrected chi connectivity index (χ2v) is 5.31. The third-order valence-electron chi connectivity index (χ3n) is 3.63. The van der Waals surface area contributed by atoms with Gasteiger partial charge in [-0.05, 0) is 49.2 Å². The molecule has 0 radical (unpaired) electrons. The second-order valence-electron chi connectivity index (χ2n) is 5.31. The number of nitrogens with one attached hydrogen (secondary N) is 1. The summed E-state index contributed by atoms with van der Waals surface area (Å²) in [5.41, 5.74) is 0. The molecule has 0 unspecified atom stereocenters. The van der Waals surface area contributed by atoms with E-state index in [1.54, 1.807) is 12.1 Å². The van der Waals surface area contributed by atoms with Crippen molar-refractivity contribution < 1.29 is 18.7 Å². The van der Waals surface area contributed by atoms with Crippen molar-refractivity contribution in [3.8, 4) is 11.5 Å². The third kappa shape index (κ3) is 4.26. The average Bonchev–Trinajstić information content (AvgIpc) is 2.59. The van der Waals surface area contributed by atoms with Crippen LogP contribution < -0.4 is 10.1 Å². The molecule has 1 aromatic heterocycles. The summed E-state index contributed by atoms with van der Waals surface area (Å²) < 4.78 is 23.6. The number of anilines is 1. The SMILES string of the molecule is O=C(Nc1ccc(Oc2ccc(F)cc2)cn1)C1CCOCC1. The molecule has 0 atom stereocenters. The highest BCUT2D eigenvalue weighted by Crippen LogP contribution is 2.22. The third-order valence-corrected chi connectivity index (χ3v) is 3.63. The van der Waals surface area contributed by atoms with Gasteiger partial charge in [-0.15, -0.1) is 0 Å².